The van der Waals surface area contributed by atoms with E-state index in [2.05, 4.69) is 10.2 Å². The molecule has 1 heterocycles. The van der Waals surface area contributed by atoms with Gasteiger partial charge in [0.2, 0.25) is 0 Å². The van der Waals surface area contributed by atoms with E-state index >= 15 is 0 Å². The third kappa shape index (κ3) is 4.78. The van der Waals surface area contributed by atoms with Gasteiger partial charge in [0, 0.05) is 11.6 Å². The summed E-state index contributed by atoms with van der Waals surface area (Å²) in [6, 6.07) is 10.8. The van der Waals surface area contributed by atoms with Crippen molar-refractivity contribution in [1.82, 2.24) is 5.32 Å². The van der Waals surface area contributed by atoms with Crippen molar-refractivity contribution >= 4 is 11.6 Å². The number of hydrogen-bond acceptors (Lipinski definition) is 3. The number of rotatable bonds is 6. The van der Waals surface area contributed by atoms with Gasteiger partial charge in [0.1, 0.15) is 17.4 Å². The third-order valence-electron chi connectivity index (χ3n) is 5.11. The predicted octanol–water partition coefficient (Wildman–Crippen LogP) is 1.56. The molecular weight excluding hydrogens is 364 g/mol. The number of ether oxygens (including phenoxy) is 1. The lowest BCUT2D eigenvalue weighted by atomic mass is 10.1. The van der Waals surface area contributed by atoms with E-state index in [0.29, 0.717) is 6.54 Å². The number of nitrogens with zero attached hydrogens (tertiary/aromatic N) is 1. The van der Waals surface area contributed by atoms with Gasteiger partial charge in [0.05, 0.1) is 45.0 Å². The first-order valence-electron chi connectivity index (χ1n) is 9.43. The first-order valence-corrected chi connectivity index (χ1v) is 9.43. The summed E-state index contributed by atoms with van der Waals surface area (Å²) in [6.45, 7) is 5.32. The molecule has 2 aromatic rings. The number of benzene rings is 2. The van der Waals surface area contributed by atoms with Crippen LogP contribution in [0.5, 0.6) is 5.75 Å². The van der Waals surface area contributed by atoms with Gasteiger partial charge in [-0.3, -0.25) is 4.79 Å². The number of nitrogens with one attached hydrogen (secondary N) is 2. The zero-order valence-electron chi connectivity index (χ0n) is 16.2. The highest BCUT2D eigenvalue weighted by atomic mass is 19.1. The highest BCUT2D eigenvalue weighted by Gasteiger charge is 2.24. The summed E-state index contributed by atoms with van der Waals surface area (Å²) in [5.41, 5.74) is 1.35. The molecule has 3 rings (SSSR count). The van der Waals surface area contributed by atoms with E-state index < -0.39 is 17.7 Å². The molecule has 0 aromatic heterocycles. The van der Waals surface area contributed by atoms with Crippen molar-refractivity contribution in [2.45, 2.75) is 13.0 Å². The average molecular weight is 390 g/mol. The van der Waals surface area contributed by atoms with E-state index in [9.17, 15) is 13.6 Å². The molecular formula is C21H26F2N3O2+. The van der Waals surface area contributed by atoms with Crippen molar-refractivity contribution in [3.05, 3.63) is 59.7 Å². The Hall–Kier alpha value is -2.67. The number of carbonyl (C=O) groups excluding carboxylic acids is 1. The SMILES string of the molecule is COc1ccccc1N1CC[NH+](CC(=O)N[C@H](C)c2ccc(F)cc2F)CC1. The van der Waals surface area contributed by atoms with Gasteiger partial charge in [-0.1, -0.05) is 18.2 Å². The molecule has 150 valence electrons. The first-order chi connectivity index (χ1) is 13.5. The minimum Gasteiger partial charge on any atom is -0.495 e. The summed E-state index contributed by atoms with van der Waals surface area (Å²) in [5, 5.41) is 2.81. The molecule has 0 saturated carbocycles. The molecule has 0 bridgehead atoms. The second-order valence-electron chi connectivity index (χ2n) is 7.04. The Morgan fingerprint density at radius 3 is 2.61 bits per heavy atom. The van der Waals surface area contributed by atoms with Gasteiger partial charge in [-0.05, 0) is 25.1 Å². The standard InChI is InChI=1S/C21H25F2N3O2/c1-15(17-8-7-16(22)13-18(17)23)24-21(27)14-25-9-11-26(12-10-25)19-5-3-4-6-20(19)28-2/h3-8,13,15H,9-12,14H2,1-2H3,(H,24,27)/p+1/t15-/m1/s1. The Kier molecular flexibility index (Phi) is 6.46. The van der Waals surface area contributed by atoms with Gasteiger partial charge in [-0.2, -0.15) is 0 Å². The lowest BCUT2D eigenvalue weighted by molar-refractivity contribution is -0.892. The molecule has 1 aliphatic heterocycles. The quantitative estimate of drug-likeness (QED) is 0.787. The number of anilines is 1. The average Bonchev–Trinajstić information content (AvgIpc) is 2.68. The lowest BCUT2D eigenvalue weighted by Gasteiger charge is -2.34. The van der Waals surface area contributed by atoms with Crippen LogP contribution in [0.25, 0.3) is 0 Å². The third-order valence-corrected chi connectivity index (χ3v) is 5.11. The maximum absolute atomic E-state index is 13.9. The molecule has 2 N–H and O–H groups in total. The summed E-state index contributed by atoms with van der Waals surface area (Å²) < 4.78 is 32.3. The number of methoxy groups -OCH3 is 1. The van der Waals surface area contributed by atoms with Crippen molar-refractivity contribution in [2.75, 3.05) is 44.7 Å². The first kappa shape index (κ1) is 20.1. The van der Waals surface area contributed by atoms with Gasteiger partial charge in [0.25, 0.3) is 5.91 Å². The number of piperazine rings is 1. The van der Waals surface area contributed by atoms with Crippen LogP contribution in [0.4, 0.5) is 14.5 Å². The van der Waals surface area contributed by atoms with Crippen molar-refractivity contribution in [3.63, 3.8) is 0 Å². The van der Waals surface area contributed by atoms with Crippen LogP contribution in [0.1, 0.15) is 18.5 Å². The minimum atomic E-state index is -0.648. The Labute approximate surface area is 163 Å². The maximum Gasteiger partial charge on any atom is 0.275 e. The van der Waals surface area contributed by atoms with E-state index in [4.69, 9.17) is 4.74 Å². The van der Waals surface area contributed by atoms with Crippen LogP contribution in [-0.2, 0) is 4.79 Å². The molecule has 0 aliphatic carbocycles. The van der Waals surface area contributed by atoms with E-state index in [-0.39, 0.29) is 11.5 Å². The van der Waals surface area contributed by atoms with Crippen LogP contribution >= 0.6 is 0 Å². The molecule has 1 atom stereocenters. The Morgan fingerprint density at radius 1 is 1.21 bits per heavy atom. The number of amides is 1. The van der Waals surface area contributed by atoms with Crippen LogP contribution in [0.15, 0.2) is 42.5 Å². The molecule has 0 spiro atoms. The zero-order valence-corrected chi connectivity index (χ0v) is 16.2. The van der Waals surface area contributed by atoms with E-state index in [1.165, 1.54) is 17.0 Å². The van der Waals surface area contributed by atoms with Crippen LogP contribution in [-0.4, -0.2) is 45.7 Å². The maximum atomic E-state index is 13.9. The van der Waals surface area contributed by atoms with Gasteiger partial charge in [-0.15, -0.1) is 0 Å². The minimum absolute atomic E-state index is 0.142. The number of carbonyl (C=O) groups is 1. The molecule has 1 amide bonds. The highest BCUT2D eigenvalue weighted by molar-refractivity contribution is 5.77. The molecule has 2 aromatic carbocycles. The molecule has 0 radical (unpaired) electrons. The van der Waals surface area contributed by atoms with Crippen molar-refractivity contribution in [1.29, 1.82) is 0 Å². The highest BCUT2D eigenvalue weighted by Crippen LogP contribution is 2.27. The topological polar surface area (TPSA) is 46.0 Å². The molecule has 0 unspecified atom stereocenters. The molecule has 1 saturated heterocycles. The molecule has 5 nitrogen and oxygen atoms in total. The van der Waals surface area contributed by atoms with E-state index in [0.717, 1.165) is 43.7 Å². The smallest absolute Gasteiger partial charge is 0.275 e. The summed E-state index contributed by atoms with van der Waals surface area (Å²) in [6.07, 6.45) is 0. The van der Waals surface area contributed by atoms with Crippen molar-refractivity contribution in [3.8, 4) is 5.75 Å². The molecule has 28 heavy (non-hydrogen) atoms. The van der Waals surface area contributed by atoms with Crippen LogP contribution < -0.4 is 19.9 Å². The largest absolute Gasteiger partial charge is 0.495 e. The Bertz CT molecular complexity index is 823. The van der Waals surface area contributed by atoms with Crippen molar-refractivity contribution in [2.24, 2.45) is 0 Å². The molecule has 1 fully saturated rings. The Morgan fingerprint density at radius 2 is 1.93 bits per heavy atom. The molecule has 1 aliphatic rings. The van der Waals surface area contributed by atoms with Crippen LogP contribution in [0, 0.1) is 11.6 Å². The zero-order chi connectivity index (χ0) is 20.1. The van der Waals surface area contributed by atoms with Gasteiger partial charge >= 0.3 is 0 Å². The fourth-order valence-corrected chi connectivity index (χ4v) is 3.58. The number of halogens is 2. The number of hydrogen-bond donors (Lipinski definition) is 2. The fourth-order valence-electron chi connectivity index (χ4n) is 3.58. The second kappa shape index (κ2) is 9.01. The van der Waals surface area contributed by atoms with Crippen LogP contribution in [0.3, 0.4) is 0 Å². The molecule has 7 heteroatoms. The fraction of sp³-hybridized carbons (Fsp3) is 0.381. The summed E-state index contributed by atoms with van der Waals surface area (Å²) in [7, 11) is 1.66. The summed E-state index contributed by atoms with van der Waals surface area (Å²) in [4.78, 5) is 15.8. The Balaban J connectivity index is 1.51. The van der Waals surface area contributed by atoms with E-state index in [1.807, 2.05) is 24.3 Å². The number of para-hydroxylation sites is 2. The van der Waals surface area contributed by atoms with Gasteiger partial charge in [0.15, 0.2) is 6.54 Å². The number of quaternary nitrogens is 1. The van der Waals surface area contributed by atoms with Gasteiger partial charge < -0.3 is 19.9 Å². The van der Waals surface area contributed by atoms with Gasteiger partial charge in [-0.25, -0.2) is 8.78 Å². The normalized spacial score (nSPS) is 15.9. The monoisotopic (exact) mass is 390 g/mol. The van der Waals surface area contributed by atoms with Crippen LogP contribution in [0.2, 0.25) is 0 Å². The summed E-state index contributed by atoms with van der Waals surface area (Å²) >= 11 is 0. The lowest BCUT2D eigenvalue weighted by Crippen LogP contribution is -3.15. The predicted molar refractivity (Wildman–Crippen MR) is 104 cm³/mol. The second-order valence-corrected chi connectivity index (χ2v) is 7.04. The van der Waals surface area contributed by atoms with Crippen molar-refractivity contribution < 1.29 is 23.2 Å². The summed E-state index contributed by atoms with van der Waals surface area (Å²) in [5.74, 6) is -0.571. The van der Waals surface area contributed by atoms with E-state index in [1.54, 1.807) is 14.0 Å².